The van der Waals surface area contributed by atoms with E-state index in [1.165, 1.54) is 63.7 Å². The molecule has 0 aliphatic heterocycles. The van der Waals surface area contributed by atoms with E-state index in [2.05, 4.69) is 30.5 Å². The summed E-state index contributed by atoms with van der Waals surface area (Å²) in [5.41, 5.74) is 0.635. The predicted molar refractivity (Wildman–Crippen MR) is 101 cm³/mol. The van der Waals surface area contributed by atoms with Crippen LogP contribution in [0.15, 0.2) is 24.7 Å². The second-order valence-electron chi connectivity index (χ2n) is 6.38. The van der Waals surface area contributed by atoms with Gasteiger partial charge in [0, 0.05) is 6.07 Å². The lowest BCUT2D eigenvalue weighted by atomic mass is 10.1. The number of aromatic nitrogens is 5. The number of nitrogens with one attached hydrogen (secondary N) is 2. The van der Waals surface area contributed by atoms with Gasteiger partial charge >= 0.3 is 0 Å². The smallest absolute Gasteiger partial charge is 0.158 e. The molecule has 9 heteroatoms. The lowest BCUT2D eigenvalue weighted by Gasteiger charge is -2.04. The van der Waals surface area contributed by atoms with Crippen molar-refractivity contribution in [1.29, 1.82) is 5.26 Å². The SMILES string of the molecule is C1CCCC1.Cc1ncc(O)c(-c2cc(Nc3cnc(C#N)cn3)n[nH]2)c1F. The summed E-state index contributed by atoms with van der Waals surface area (Å²) < 4.78 is 14.1. The zero-order valence-corrected chi connectivity index (χ0v) is 15.4. The molecule has 3 aromatic rings. The Morgan fingerprint density at radius 3 is 2.39 bits per heavy atom. The topological polar surface area (TPSA) is 123 Å². The number of halogens is 1. The van der Waals surface area contributed by atoms with Gasteiger partial charge in [0.1, 0.15) is 17.6 Å². The Bertz CT molecular complexity index is 967. The van der Waals surface area contributed by atoms with E-state index in [9.17, 15) is 9.50 Å². The summed E-state index contributed by atoms with van der Waals surface area (Å²) in [5, 5.41) is 27.9. The molecule has 1 aliphatic rings. The van der Waals surface area contributed by atoms with Crippen molar-refractivity contribution < 1.29 is 9.50 Å². The quantitative estimate of drug-likeness (QED) is 0.627. The molecule has 1 aliphatic carbocycles. The van der Waals surface area contributed by atoms with Crippen LogP contribution in [0.3, 0.4) is 0 Å². The van der Waals surface area contributed by atoms with Crippen molar-refractivity contribution in [2.24, 2.45) is 0 Å². The van der Waals surface area contributed by atoms with Crippen molar-refractivity contribution in [2.75, 3.05) is 5.32 Å². The summed E-state index contributed by atoms with van der Waals surface area (Å²) in [7, 11) is 0. The molecular weight excluding hydrogens is 361 g/mol. The van der Waals surface area contributed by atoms with Crippen LogP contribution in [0, 0.1) is 24.1 Å². The van der Waals surface area contributed by atoms with Crippen LogP contribution >= 0.6 is 0 Å². The first kappa shape index (κ1) is 19.2. The molecule has 0 bridgehead atoms. The maximum absolute atomic E-state index is 14.1. The van der Waals surface area contributed by atoms with Gasteiger partial charge in [-0.3, -0.25) is 10.1 Å². The maximum Gasteiger partial charge on any atom is 0.158 e. The molecule has 3 aromatic heterocycles. The summed E-state index contributed by atoms with van der Waals surface area (Å²) >= 11 is 0. The van der Waals surface area contributed by atoms with Gasteiger partial charge in [-0.05, 0) is 6.92 Å². The standard InChI is InChI=1S/C14H10FN7O.C5H10/c1-7-14(15)13(10(23)5-17-7)9-2-11(22-21-9)20-12-6-18-8(3-16)4-19-12;1-2-4-5-3-1/h2,4-6,23H,1H3,(H2,19,20,21,22);1-5H2. The van der Waals surface area contributed by atoms with E-state index in [1.54, 1.807) is 0 Å². The molecule has 144 valence electrons. The zero-order valence-electron chi connectivity index (χ0n) is 15.4. The van der Waals surface area contributed by atoms with Crippen molar-refractivity contribution in [3.63, 3.8) is 0 Å². The van der Waals surface area contributed by atoms with Crippen LogP contribution in [0.2, 0.25) is 0 Å². The van der Waals surface area contributed by atoms with Crippen molar-refractivity contribution in [3.8, 4) is 23.1 Å². The number of nitrogens with zero attached hydrogens (tertiary/aromatic N) is 5. The molecule has 0 atom stereocenters. The summed E-state index contributed by atoms with van der Waals surface area (Å²) in [6.07, 6.45) is 11.4. The summed E-state index contributed by atoms with van der Waals surface area (Å²) in [4.78, 5) is 11.6. The number of rotatable bonds is 3. The first-order valence-electron chi connectivity index (χ1n) is 8.97. The van der Waals surface area contributed by atoms with Gasteiger partial charge in [-0.2, -0.15) is 10.4 Å². The highest BCUT2D eigenvalue weighted by molar-refractivity contribution is 5.70. The van der Waals surface area contributed by atoms with Crippen molar-refractivity contribution >= 4 is 11.6 Å². The van der Waals surface area contributed by atoms with Crippen LogP contribution < -0.4 is 5.32 Å². The van der Waals surface area contributed by atoms with Crippen LogP contribution in [-0.2, 0) is 0 Å². The van der Waals surface area contributed by atoms with E-state index < -0.39 is 5.82 Å². The number of aromatic hydroxyl groups is 1. The van der Waals surface area contributed by atoms with Crippen LogP contribution in [0.5, 0.6) is 5.75 Å². The monoisotopic (exact) mass is 381 g/mol. The Morgan fingerprint density at radius 1 is 1.07 bits per heavy atom. The minimum atomic E-state index is -0.627. The number of hydrogen-bond donors (Lipinski definition) is 3. The van der Waals surface area contributed by atoms with Crippen LogP contribution in [0.4, 0.5) is 16.0 Å². The van der Waals surface area contributed by atoms with Gasteiger partial charge in [-0.1, -0.05) is 32.1 Å². The van der Waals surface area contributed by atoms with Crippen molar-refractivity contribution in [1.82, 2.24) is 25.1 Å². The molecule has 0 radical (unpaired) electrons. The summed E-state index contributed by atoms with van der Waals surface area (Å²) in [6, 6.07) is 3.37. The number of nitriles is 1. The fourth-order valence-corrected chi connectivity index (χ4v) is 2.81. The number of aryl methyl sites for hydroxylation is 1. The van der Waals surface area contributed by atoms with Gasteiger partial charge in [0.05, 0.1) is 35.5 Å². The van der Waals surface area contributed by atoms with Crippen molar-refractivity contribution in [3.05, 3.63) is 41.9 Å². The number of anilines is 2. The molecule has 1 fully saturated rings. The molecule has 3 heterocycles. The normalized spacial score (nSPS) is 12.8. The average molecular weight is 381 g/mol. The molecule has 0 saturated heterocycles. The van der Waals surface area contributed by atoms with Gasteiger partial charge in [0.15, 0.2) is 17.3 Å². The molecule has 1 saturated carbocycles. The minimum Gasteiger partial charge on any atom is -0.506 e. The number of H-pyrrole nitrogens is 1. The Kier molecular flexibility index (Phi) is 6.11. The largest absolute Gasteiger partial charge is 0.506 e. The predicted octanol–water partition coefficient (Wildman–Crippen LogP) is 3.98. The van der Waals surface area contributed by atoms with E-state index >= 15 is 0 Å². The third kappa shape index (κ3) is 4.59. The highest BCUT2D eigenvalue weighted by Crippen LogP contribution is 2.32. The molecule has 0 spiro atoms. The third-order valence-corrected chi connectivity index (χ3v) is 4.29. The Hall–Kier alpha value is -3.54. The molecule has 28 heavy (non-hydrogen) atoms. The molecule has 8 nitrogen and oxygen atoms in total. The third-order valence-electron chi connectivity index (χ3n) is 4.29. The lowest BCUT2D eigenvalue weighted by Crippen LogP contribution is -1.95. The van der Waals surface area contributed by atoms with E-state index in [0.29, 0.717) is 11.6 Å². The van der Waals surface area contributed by atoms with E-state index in [-0.39, 0.29) is 28.4 Å². The lowest BCUT2D eigenvalue weighted by molar-refractivity contribution is 0.466. The Labute approximate surface area is 161 Å². The molecule has 0 amide bonds. The Balaban J connectivity index is 0.000000391. The minimum absolute atomic E-state index is 0.0102. The second-order valence-corrected chi connectivity index (χ2v) is 6.38. The van der Waals surface area contributed by atoms with Gasteiger partial charge in [-0.15, -0.1) is 0 Å². The van der Waals surface area contributed by atoms with Crippen LogP contribution in [-0.4, -0.2) is 30.3 Å². The summed E-state index contributed by atoms with van der Waals surface area (Å²) in [6.45, 7) is 1.50. The molecule has 3 N–H and O–H groups in total. The van der Waals surface area contributed by atoms with Gasteiger partial charge in [0.25, 0.3) is 0 Å². The van der Waals surface area contributed by atoms with Crippen LogP contribution in [0.1, 0.15) is 43.5 Å². The van der Waals surface area contributed by atoms with Gasteiger partial charge in [0.2, 0.25) is 0 Å². The molecule has 0 unspecified atom stereocenters. The molecule has 0 aromatic carbocycles. The van der Waals surface area contributed by atoms with Gasteiger partial charge in [-0.25, -0.2) is 14.4 Å². The average Bonchev–Trinajstić information content (AvgIpc) is 3.41. The number of pyridine rings is 1. The van der Waals surface area contributed by atoms with Crippen molar-refractivity contribution in [2.45, 2.75) is 39.0 Å². The molecular formula is C19H20FN7O. The van der Waals surface area contributed by atoms with Gasteiger partial charge < -0.3 is 10.4 Å². The highest BCUT2D eigenvalue weighted by atomic mass is 19.1. The Morgan fingerprint density at radius 2 is 1.79 bits per heavy atom. The van der Waals surface area contributed by atoms with E-state index in [4.69, 9.17) is 5.26 Å². The number of aromatic amines is 1. The zero-order chi connectivity index (χ0) is 19.9. The first-order valence-corrected chi connectivity index (χ1v) is 8.97. The second kappa shape index (κ2) is 8.90. The van der Waals surface area contributed by atoms with E-state index in [1.807, 2.05) is 6.07 Å². The fourth-order valence-electron chi connectivity index (χ4n) is 2.81. The van der Waals surface area contributed by atoms with E-state index in [0.717, 1.165) is 0 Å². The first-order chi connectivity index (χ1) is 13.6. The maximum atomic E-state index is 14.1. The van der Waals surface area contributed by atoms with Crippen LogP contribution in [0.25, 0.3) is 11.3 Å². The number of hydrogen-bond acceptors (Lipinski definition) is 7. The fraction of sp³-hybridized carbons (Fsp3) is 0.316. The molecule has 4 rings (SSSR count). The summed E-state index contributed by atoms with van der Waals surface area (Å²) in [5.74, 6) is -0.190. The highest BCUT2D eigenvalue weighted by Gasteiger charge is 2.16.